The third kappa shape index (κ3) is 3.01. The van der Waals surface area contributed by atoms with Crippen molar-refractivity contribution in [3.63, 3.8) is 0 Å². The Morgan fingerprint density at radius 1 is 1.21 bits per heavy atom. The first kappa shape index (κ1) is 18.1. The molecule has 0 unspecified atom stereocenters. The first-order valence-corrected chi connectivity index (χ1v) is 9.05. The molecule has 1 aliphatic rings. The Labute approximate surface area is 161 Å². The van der Waals surface area contributed by atoms with Crippen LogP contribution in [0.4, 0.5) is 5.69 Å². The molecule has 1 aliphatic heterocycles. The number of hydrogen-bond donors (Lipinski definition) is 0. The molecule has 1 fully saturated rings. The lowest BCUT2D eigenvalue weighted by molar-refractivity contribution is -0.384. The SMILES string of the molecule is COc1ccc(-n2c([C@@H]3CCCN3C)nc3ccc([N+](=O)[O-])cc3c2=O)cc1. The summed E-state index contributed by atoms with van der Waals surface area (Å²) in [5, 5.41) is 11.4. The number of nitro benzene ring substituents is 1. The van der Waals surface area contributed by atoms with Gasteiger partial charge < -0.3 is 4.74 Å². The Kier molecular flexibility index (Phi) is 4.56. The zero-order chi connectivity index (χ0) is 19.8. The molecule has 0 radical (unpaired) electrons. The average Bonchev–Trinajstić information content (AvgIpc) is 3.13. The summed E-state index contributed by atoms with van der Waals surface area (Å²) in [5.41, 5.74) is 0.685. The van der Waals surface area contributed by atoms with Crippen LogP contribution in [0.5, 0.6) is 5.75 Å². The summed E-state index contributed by atoms with van der Waals surface area (Å²) in [6.45, 7) is 0.932. The van der Waals surface area contributed by atoms with Crippen LogP contribution in [0, 0.1) is 10.1 Å². The number of nitrogens with zero attached hydrogens (tertiary/aromatic N) is 4. The molecule has 2 heterocycles. The highest BCUT2D eigenvalue weighted by Crippen LogP contribution is 2.31. The smallest absolute Gasteiger partial charge is 0.270 e. The predicted molar refractivity (Wildman–Crippen MR) is 105 cm³/mol. The van der Waals surface area contributed by atoms with Gasteiger partial charge in [0.2, 0.25) is 0 Å². The number of benzene rings is 2. The molecule has 0 N–H and O–H groups in total. The van der Waals surface area contributed by atoms with Gasteiger partial charge in [0.1, 0.15) is 11.6 Å². The molecule has 4 rings (SSSR count). The Bertz CT molecular complexity index is 1110. The van der Waals surface area contributed by atoms with Gasteiger partial charge in [-0.25, -0.2) is 4.98 Å². The average molecular weight is 380 g/mol. The highest BCUT2D eigenvalue weighted by Gasteiger charge is 2.28. The Balaban J connectivity index is 2.00. The number of likely N-dealkylation sites (tertiary alicyclic amines) is 1. The number of ether oxygens (including phenoxy) is 1. The molecule has 8 nitrogen and oxygen atoms in total. The maximum Gasteiger partial charge on any atom is 0.270 e. The summed E-state index contributed by atoms with van der Waals surface area (Å²) < 4.78 is 6.78. The van der Waals surface area contributed by atoms with E-state index in [0.29, 0.717) is 22.8 Å². The van der Waals surface area contributed by atoms with Crippen molar-refractivity contribution in [1.29, 1.82) is 0 Å². The van der Waals surface area contributed by atoms with Crippen LogP contribution in [-0.2, 0) is 0 Å². The zero-order valence-corrected chi connectivity index (χ0v) is 15.7. The van der Waals surface area contributed by atoms with E-state index < -0.39 is 4.92 Å². The van der Waals surface area contributed by atoms with Crippen molar-refractivity contribution >= 4 is 16.6 Å². The Morgan fingerprint density at radius 3 is 2.57 bits per heavy atom. The van der Waals surface area contributed by atoms with Gasteiger partial charge in [-0.2, -0.15) is 0 Å². The van der Waals surface area contributed by atoms with E-state index in [2.05, 4.69) is 4.90 Å². The lowest BCUT2D eigenvalue weighted by atomic mass is 10.1. The van der Waals surface area contributed by atoms with E-state index in [4.69, 9.17) is 9.72 Å². The van der Waals surface area contributed by atoms with Crippen LogP contribution >= 0.6 is 0 Å². The highest BCUT2D eigenvalue weighted by atomic mass is 16.6. The summed E-state index contributed by atoms with van der Waals surface area (Å²) in [5.74, 6) is 1.33. The second-order valence-corrected chi connectivity index (χ2v) is 6.91. The van der Waals surface area contributed by atoms with Gasteiger partial charge >= 0.3 is 0 Å². The molecule has 2 aromatic carbocycles. The van der Waals surface area contributed by atoms with E-state index in [-0.39, 0.29) is 22.7 Å². The van der Waals surface area contributed by atoms with E-state index >= 15 is 0 Å². The second kappa shape index (κ2) is 7.05. The maximum atomic E-state index is 13.4. The molecule has 0 amide bonds. The summed E-state index contributed by atoms with van der Waals surface area (Å²) in [6, 6.07) is 11.4. The van der Waals surface area contributed by atoms with Gasteiger partial charge in [-0.1, -0.05) is 0 Å². The molecule has 0 spiro atoms. The summed E-state index contributed by atoms with van der Waals surface area (Å²) >= 11 is 0. The first-order chi connectivity index (χ1) is 13.5. The molecule has 0 aliphatic carbocycles. The van der Waals surface area contributed by atoms with Crippen LogP contribution in [0.3, 0.4) is 0 Å². The number of nitro groups is 1. The Hall–Kier alpha value is -3.26. The monoisotopic (exact) mass is 380 g/mol. The summed E-state index contributed by atoms with van der Waals surface area (Å²) in [6.07, 6.45) is 1.93. The largest absolute Gasteiger partial charge is 0.497 e. The van der Waals surface area contributed by atoms with Crippen LogP contribution in [0.1, 0.15) is 24.7 Å². The van der Waals surface area contributed by atoms with Gasteiger partial charge in [0.05, 0.1) is 34.7 Å². The molecule has 0 bridgehead atoms. The van der Waals surface area contributed by atoms with Crippen LogP contribution in [0.2, 0.25) is 0 Å². The van der Waals surface area contributed by atoms with E-state index in [1.807, 2.05) is 7.05 Å². The van der Waals surface area contributed by atoms with Crippen LogP contribution in [0.15, 0.2) is 47.3 Å². The number of methoxy groups -OCH3 is 1. The van der Waals surface area contributed by atoms with Gasteiger partial charge in [-0.3, -0.25) is 24.4 Å². The topological polar surface area (TPSA) is 90.5 Å². The van der Waals surface area contributed by atoms with E-state index in [1.54, 1.807) is 42.0 Å². The molecule has 3 aromatic rings. The molecule has 8 heteroatoms. The second-order valence-electron chi connectivity index (χ2n) is 6.91. The minimum atomic E-state index is -0.505. The molecule has 0 saturated carbocycles. The maximum absolute atomic E-state index is 13.4. The molecule has 1 aromatic heterocycles. The number of rotatable bonds is 4. The van der Waals surface area contributed by atoms with Crippen molar-refractivity contribution in [2.45, 2.75) is 18.9 Å². The van der Waals surface area contributed by atoms with Crippen molar-refractivity contribution in [1.82, 2.24) is 14.5 Å². The van der Waals surface area contributed by atoms with Gasteiger partial charge in [-0.15, -0.1) is 0 Å². The lowest BCUT2D eigenvalue weighted by Crippen LogP contribution is -2.29. The Morgan fingerprint density at radius 2 is 1.96 bits per heavy atom. The number of fused-ring (bicyclic) bond motifs is 1. The fraction of sp³-hybridized carbons (Fsp3) is 0.300. The van der Waals surface area contributed by atoms with Crippen molar-refractivity contribution < 1.29 is 9.66 Å². The van der Waals surface area contributed by atoms with Crippen LogP contribution in [0.25, 0.3) is 16.6 Å². The minimum absolute atomic E-state index is 0.00870. The number of aromatic nitrogens is 2. The van der Waals surface area contributed by atoms with Gasteiger partial charge in [-0.05, 0) is 56.8 Å². The van der Waals surface area contributed by atoms with Gasteiger partial charge in [0, 0.05) is 12.1 Å². The summed E-state index contributed by atoms with van der Waals surface area (Å²) in [7, 11) is 3.60. The van der Waals surface area contributed by atoms with E-state index in [1.165, 1.54) is 12.1 Å². The van der Waals surface area contributed by atoms with Crippen molar-refractivity contribution in [3.8, 4) is 11.4 Å². The number of non-ortho nitro benzene ring substituents is 1. The van der Waals surface area contributed by atoms with Crippen LogP contribution in [-0.4, -0.2) is 40.1 Å². The van der Waals surface area contributed by atoms with Crippen molar-refractivity contribution in [3.05, 3.63) is 68.8 Å². The first-order valence-electron chi connectivity index (χ1n) is 9.05. The fourth-order valence-electron chi connectivity index (χ4n) is 3.75. The summed E-state index contributed by atoms with van der Waals surface area (Å²) in [4.78, 5) is 31.0. The highest BCUT2D eigenvalue weighted by molar-refractivity contribution is 5.80. The normalized spacial score (nSPS) is 17.1. The third-order valence-corrected chi connectivity index (χ3v) is 5.24. The number of hydrogen-bond acceptors (Lipinski definition) is 6. The standard InChI is InChI=1S/C20H20N4O4/c1-22-11-3-4-18(22)19-21-17-10-7-14(24(26)27)12-16(17)20(25)23(19)13-5-8-15(28-2)9-6-13/h5-10,12,18H,3-4,11H2,1-2H3/t18-/m0/s1. The van der Waals surface area contributed by atoms with Gasteiger partial charge in [0.15, 0.2) is 0 Å². The molecular weight excluding hydrogens is 360 g/mol. The molecule has 144 valence electrons. The molecule has 28 heavy (non-hydrogen) atoms. The molecule has 1 saturated heterocycles. The van der Waals surface area contributed by atoms with E-state index in [9.17, 15) is 14.9 Å². The lowest BCUT2D eigenvalue weighted by Gasteiger charge is -2.23. The third-order valence-electron chi connectivity index (χ3n) is 5.24. The zero-order valence-electron chi connectivity index (χ0n) is 15.7. The molecule has 1 atom stereocenters. The van der Waals surface area contributed by atoms with Gasteiger partial charge in [0.25, 0.3) is 11.2 Å². The van der Waals surface area contributed by atoms with Crippen LogP contribution < -0.4 is 10.3 Å². The quantitative estimate of drug-likeness (QED) is 0.510. The molecular formula is C20H20N4O4. The fourth-order valence-corrected chi connectivity index (χ4v) is 3.75. The minimum Gasteiger partial charge on any atom is -0.497 e. The van der Waals surface area contributed by atoms with Crippen molar-refractivity contribution in [2.75, 3.05) is 20.7 Å². The van der Waals surface area contributed by atoms with E-state index in [0.717, 1.165) is 19.4 Å². The predicted octanol–water partition coefficient (Wildman–Crippen LogP) is 3.07. The van der Waals surface area contributed by atoms with Crippen molar-refractivity contribution in [2.24, 2.45) is 0 Å².